The third kappa shape index (κ3) is 7.59. The number of carbonyl (C=O) groups excluding carboxylic acids is 2. The van der Waals surface area contributed by atoms with Crippen LogP contribution in [0, 0.1) is 17.2 Å². The molecule has 9 nitrogen and oxygen atoms in total. The summed E-state index contributed by atoms with van der Waals surface area (Å²) < 4.78 is 7.60. The van der Waals surface area contributed by atoms with E-state index in [-0.39, 0.29) is 11.8 Å². The van der Waals surface area contributed by atoms with Crippen molar-refractivity contribution in [2.45, 2.75) is 39.5 Å². The first kappa shape index (κ1) is 32.1. The van der Waals surface area contributed by atoms with Crippen molar-refractivity contribution >= 4 is 28.6 Å². The number of amides is 1. The molecule has 9 heteroatoms. The lowest BCUT2D eigenvalue weighted by atomic mass is 10.0. The van der Waals surface area contributed by atoms with Crippen LogP contribution in [0.1, 0.15) is 39.0 Å². The smallest absolute Gasteiger partial charge is 0.324 e. The fourth-order valence-corrected chi connectivity index (χ4v) is 4.97. The van der Waals surface area contributed by atoms with Gasteiger partial charge in [0.1, 0.15) is 11.7 Å². The van der Waals surface area contributed by atoms with Crippen molar-refractivity contribution < 1.29 is 14.3 Å². The van der Waals surface area contributed by atoms with Crippen molar-refractivity contribution in [1.29, 1.82) is 5.26 Å². The molecule has 4 rings (SSSR count). The van der Waals surface area contributed by atoms with Crippen molar-refractivity contribution in [3.05, 3.63) is 84.7 Å². The number of nitriles is 1. The second kappa shape index (κ2) is 14.1. The van der Waals surface area contributed by atoms with E-state index in [1.54, 1.807) is 37.2 Å². The van der Waals surface area contributed by atoms with Crippen molar-refractivity contribution in [3.63, 3.8) is 0 Å². The van der Waals surface area contributed by atoms with Crippen LogP contribution in [0.4, 0.5) is 5.69 Å². The molecule has 2 N–H and O–H groups in total. The number of benzene rings is 2. The van der Waals surface area contributed by atoms with E-state index < -0.39 is 18.2 Å². The van der Waals surface area contributed by atoms with E-state index in [0.717, 1.165) is 33.3 Å². The highest BCUT2D eigenvalue weighted by Gasteiger charge is 2.23. The zero-order valence-electron chi connectivity index (χ0n) is 26.2. The molecule has 2 aromatic heterocycles. The Hall–Kier alpha value is -4.78. The Balaban J connectivity index is 1.74. The SMILES string of the molecule is CC(C)C[C@H](N)C(=O)OC(C)n1cc(-c2cccc(C#N)c2)c2cc(-c3cccc(N(C)C(=O)/C=C/CN(C)C)c3)cnc21. The van der Waals surface area contributed by atoms with Gasteiger partial charge in [-0.2, -0.15) is 5.26 Å². The van der Waals surface area contributed by atoms with Crippen molar-refractivity contribution in [2.75, 3.05) is 32.6 Å². The quantitative estimate of drug-likeness (QED) is 0.174. The van der Waals surface area contributed by atoms with Crippen LogP contribution in [0.2, 0.25) is 0 Å². The van der Waals surface area contributed by atoms with Gasteiger partial charge in [0, 0.05) is 54.3 Å². The molecule has 228 valence electrons. The van der Waals surface area contributed by atoms with E-state index in [1.165, 1.54) is 0 Å². The van der Waals surface area contributed by atoms with Crippen LogP contribution in [0.25, 0.3) is 33.3 Å². The summed E-state index contributed by atoms with van der Waals surface area (Å²) in [7, 11) is 5.64. The van der Waals surface area contributed by atoms with E-state index in [4.69, 9.17) is 15.5 Å². The van der Waals surface area contributed by atoms with Crippen molar-refractivity contribution in [3.8, 4) is 28.3 Å². The van der Waals surface area contributed by atoms with Gasteiger partial charge in [-0.3, -0.25) is 14.2 Å². The number of hydrogen-bond acceptors (Lipinski definition) is 7. The average molecular weight is 593 g/mol. The standard InChI is InChI=1S/C35H40N6O3/c1-23(2)16-32(37)35(43)44-24(3)41-22-31(27-12-7-10-25(17-27)20-36)30-19-28(21-38-34(30)41)26-11-8-13-29(18-26)40(6)33(42)14-9-15-39(4)5/h7-14,17-19,21-24,32H,15-16,37H2,1-6H3/b14-9+/t24?,32-/m0/s1. The lowest BCUT2D eigenvalue weighted by molar-refractivity contribution is -0.154. The number of likely N-dealkylation sites (N-methyl/N-ethyl adjacent to an activating group) is 2. The van der Waals surface area contributed by atoms with E-state index in [1.807, 2.05) is 98.2 Å². The van der Waals surface area contributed by atoms with E-state index in [0.29, 0.717) is 24.2 Å². The maximum Gasteiger partial charge on any atom is 0.324 e. The number of esters is 1. The topological polar surface area (TPSA) is 117 Å². The lowest BCUT2D eigenvalue weighted by Gasteiger charge is -2.19. The van der Waals surface area contributed by atoms with Crippen molar-refractivity contribution in [2.24, 2.45) is 11.7 Å². The van der Waals surface area contributed by atoms with E-state index in [2.05, 4.69) is 6.07 Å². The molecule has 44 heavy (non-hydrogen) atoms. The van der Waals surface area contributed by atoms with Crippen molar-refractivity contribution in [1.82, 2.24) is 14.5 Å². The summed E-state index contributed by atoms with van der Waals surface area (Å²) in [5.74, 6) is -0.328. The van der Waals surface area contributed by atoms with Gasteiger partial charge in [0.15, 0.2) is 6.23 Å². The van der Waals surface area contributed by atoms with Gasteiger partial charge in [0.2, 0.25) is 5.91 Å². The van der Waals surface area contributed by atoms with Crippen LogP contribution in [-0.2, 0) is 14.3 Å². The number of hydrogen-bond donors (Lipinski definition) is 1. The first-order valence-electron chi connectivity index (χ1n) is 14.6. The number of ether oxygens (including phenoxy) is 1. The number of carbonyl (C=O) groups is 2. The van der Waals surface area contributed by atoms with Gasteiger partial charge in [-0.1, -0.05) is 44.2 Å². The predicted octanol–water partition coefficient (Wildman–Crippen LogP) is 5.76. The molecule has 4 aromatic rings. The third-order valence-electron chi connectivity index (χ3n) is 7.31. The molecule has 0 aliphatic carbocycles. The minimum atomic E-state index is -0.716. The first-order valence-corrected chi connectivity index (χ1v) is 14.6. The molecule has 0 saturated carbocycles. The van der Waals surface area contributed by atoms with E-state index in [9.17, 15) is 14.9 Å². The highest BCUT2D eigenvalue weighted by molar-refractivity contribution is 6.01. The Labute approximate surface area is 259 Å². The largest absolute Gasteiger partial charge is 0.440 e. The van der Waals surface area contributed by atoms with Crippen LogP contribution in [-0.4, -0.2) is 60.1 Å². The second-order valence-electron chi connectivity index (χ2n) is 11.6. The predicted molar refractivity (Wildman–Crippen MR) is 175 cm³/mol. The average Bonchev–Trinajstić information content (AvgIpc) is 3.39. The Morgan fingerprint density at radius 2 is 1.77 bits per heavy atom. The maximum absolute atomic E-state index is 12.8. The molecule has 1 amide bonds. The van der Waals surface area contributed by atoms with Crippen LogP contribution in [0.15, 0.2) is 79.1 Å². The lowest BCUT2D eigenvalue weighted by Crippen LogP contribution is -2.34. The Morgan fingerprint density at radius 1 is 1.05 bits per heavy atom. The summed E-state index contributed by atoms with van der Waals surface area (Å²) in [5.41, 5.74) is 11.4. The molecule has 0 fully saturated rings. The molecular weight excluding hydrogens is 552 g/mol. The fraction of sp³-hybridized carbons (Fsp3) is 0.314. The first-order chi connectivity index (χ1) is 21.0. The van der Waals surface area contributed by atoms with E-state index >= 15 is 0 Å². The van der Waals surface area contributed by atoms with Gasteiger partial charge in [-0.05, 0) is 74.8 Å². The summed E-state index contributed by atoms with van der Waals surface area (Å²) in [6.45, 7) is 6.48. The third-order valence-corrected chi connectivity index (χ3v) is 7.31. The molecule has 0 radical (unpaired) electrons. The number of fused-ring (bicyclic) bond motifs is 1. The number of aromatic nitrogens is 2. The minimum Gasteiger partial charge on any atom is -0.440 e. The summed E-state index contributed by atoms with van der Waals surface area (Å²) in [5, 5.41) is 10.4. The molecule has 0 saturated heterocycles. The number of nitrogens with zero attached hydrogens (tertiary/aromatic N) is 5. The van der Waals surface area contributed by atoms with Crippen LogP contribution in [0.3, 0.4) is 0 Å². The molecule has 2 aromatic carbocycles. The summed E-state index contributed by atoms with van der Waals surface area (Å²) in [6, 6.07) is 18.6. The van der Waals surface area contributed by atoms with Crippen LogP contribution < -0.4 is 10.6 Å². The zero-order valence-corrected chi connectivity index (χ0v) is 26.2. The number of rotatable bonds is 11. The fourth-order valence-electron chi connectivity index (χ4n) is 4.97. The summed E-state index contributed by atoms with van der Waals surface area (Å²) in [4.78, 5) is 34.0. The number of pyridine rings is 1. The van der Waals surface area contributed by atoms with Gasteiger partial charge in [0.05, 0.1) is 11.6 Å². The second-order valence-corrected chi connectivity index (χ2v) is 11.6. The monoisotopic (exact) mass is 592 g/mol. The molecular formula is C35H40N6O3. The highest BCUT2D eigenvalue weighted by atomic mass is 16.6. The minimum absolute atomic E-state index is 0.119. The molecule has 0 aliphatic rings. The van der Waals surface area contributed by atoms with Gasteiger partial charge in [0.25, 0.3) is 0 Å². The maximum atomic E-state index is 12.8. The van der Waals surface area contributed by atoms with Crippen LogP contribution in [0.5, 0.6) is 0 Å². The normalized spacial score (nSPS) is 12.9. The molecule has 0 aliphatic heterocycles. The van der Waals surface area contributed by atoms with Gasteiger partial charge >= 0.3 is 5.97 Å². The number of anilines is 1. The Bertz CT molecular complexity index is 1720. The van der Waals surface area contributed by atoms with Crippen LogP contribution >= 0.6 is 0 Å². The number of nitrogens with two attached hydrogens (primary N) is 1. The zero-order chi connectivity index (χ0) is 32.0. The van der Waals surface area contributed by atoms with Gasteiger partial charge in [-0.25, -0.2) is 4.98 Å². The molecule has 1 unspecified atom stereocenters. The molecule has 0 bridgehead atoms. The Morgan fingerprint density at radius 3 is 2.48 bits per heavy atom. The van der Waals surface area contributed by atoms with Gasteiger partial charge in [-0.15, -0.1) is 0 Å². The molecule has 2 atom stereocenters. The summed E-state index contributed by atoms with van der Waals surface area (Å²) in [6.07, 6.45) is 6.94. The molecule has 2 heterocycles. The Kier molecular flexibility index (Phi) is 10.3. The summed E-state index contributed by atoms with van der Waals surface area (Å²) >= 11 is 0. The highest BCUT2D eigenvalue weighted by Crippen LogP contribution is 2.35. The van der Waals surface area contributed by atoms with Gasteiger partial charge < -0.3 is 20.3 Å². The molecule has 0 spiro atoms.